The first-order chi connectivity index (χ1) is 10.3. The zero-order chi connectivity index (χ0) is 15.1. The zero-order valence-electron chi connectivity index (χ0n) is 13.1. The summed E-state index contributed by atoms with van der Waals surface area (Å²) in [6, 6.07) is 10.5. The Morgan fingerprint density at radius 3 is 2.38 bits per heavy atom. The summed E-state index contributed by atoms with van der Waals surface area (Å²) in [5, 5.41) is 6.51. The molecule has 1 aromatic carbocycles. The fourth-order valence-electron chi connectivity index (χ4n) is 2.31. The van der Waals surface area contributed by atoms with Gasteiger partial charge in [0, 0.05) is 26.1 Å². The van der Waals surface area contributed by atoms with Gasteiger partial charge in [0.2, 0.25) is 0 Å². The molecule has 0 amide bonds. The summed E-state index contributed by atoms with van der Waals surface area (Å²) >= 11 is 0. The van der Waals surface area contributed by atoms with Crippen LogP contribution in [0.1, 0.15) is 37.2 Å². The van der Waals surface area contributed by atoms with E-state index in [0.717, 1.165) is 43.3 Å². The molecule has 0 atom stereocenters. The Hall–Kier alpha value is -2.10. The topological polar surface area (TPSA) is 49.8 Å². The summed E-state index contributed by atoms with van der Waals surface area (Å²) in [4.78, 5) is 9.05. The summed E-state index contributed by atoms with van der Waals surface area (Å²) in [5.41, 5.74) is 2.70. The molecule has 0 aliphatic carbocycles. The summed E-state index contributed by atoms with van der Waals surface area (Å²) in [6.07, 6.45) is 2.99. The standard InChI is InChI=1S/C17H24N4/c1-4-8-15-20-16(18-3)11-17(21-15)19-12-14-10-7-6-9-13(14)5-2/h6-7,9-11H,4-5,8,12H2,1-3H3,(H2,18,19,20,21). The van der Waals surface area contributed by atoms with Crippen molar-refractivity contribution in [1.29, 1.82) is 0 Å². The number of aryl methyl sites for hydroxylation is 2. The minimum atomic E-state index is 0.787. The molecule has 0 radical (unpaired) electrons. The zero-order valence-corrected chi connectivity index (χ0v) is 13.1. The van der Waals surface area contributed by atoms with E-state index < -0.39 is 0 Å². The van der Waals surface area contributed by atoms with E-state index in [-0.39, 0.29) is 0 Å². The molecule has 0 spiro atoms. The van der Waals surface area contributed by atoms with Gasteiger partial charge in [-0.05, 0) is 24.0 Å². The molecule has 0 aliphatic heterocycles. The number of nitrogens with zero attached hydrogens (tertiary/aromatic N) is 2. The summed E-state index contributed by atoms with van der Waals surface area (Å²) < 4.78 is 0. The highest BCUT2D eigenvalue weighted by Crippen LogP contribution is 2.15. The van der Waals surface area contributed by atoms with Gasteiger partial charge in [-0.2, -0.15) is 0 Å². The third-order valence-electron chi connectivity index (χ3n) is 3.46. The van der Waals surface area contributed by atoms with E-state index in [4.69, 9.17) is 0 Å². The first kappa shape index (κ1) is 15.3. The number of benzene rings is 1. The van der Waals surface area contributed by atoms with Crippen LogP contribution < -0.4 is 10.6 Å². The van der Waals surface area contributed by atoms with Crippen LogP contribution in [0.15, 0.2) is 30.3 Å². The Balaban J connectivity index is 2.13. The molecule has 4 heteroatoms. The van der Waals surface area contributed by atoms with Gasteiger partial charge in [-0.15, -0.1) is 0 Å². The molecule has 2 aromatic rings. The van der Waals surface area contributed by atoms with Crippen molar-refractivity contribution in [2.75, 3.05) is 17.7 Å². The van der Waals surface area contributed by atoms with Crippen LogP contribution in [-0.4, -0.2) is 17.0 Å². The first-order valence-electron chi connectivity index (χ1n) is 7.63. The largest absolute Gasteiger partial charge is 0.373 e. The fraction of sp³-hybridized carbons (Fsp3) is 0.412. The molecule has 0 aliphatic rings. The highest BCUT2D eigenvalue weighted by Gasteiger charge is 2.05. The van der Waals surface area contributed by atoms with Crippen LogP contribution in [0.5, 0.6) is 0 Å². The predicted molar refractivity (Wildman–Crippen MR) is 88.7 cm³/mol. The normalized spacial score (nSPS) is 10.4. The summed E-state index contributed by atoms with van der Waals surface area (Å²) in [6.45, 7) is 5.11. The number of rotatable bonds is 7. The Kier molecular flexibility index (Phi) is 5.55. The van der Waals surface area contributed by atoms with Gasteiger partial charge in [0.15, 0.2) is 0 Å². The lowest BCUT2D eigenvalue weighted by Crippen LogP contribution is -2.07. The Labute approximate surface area is 127 Å². The SMILES string of the molecule is CCCc1nc(NC)cc(NCc2ccccc2CC)n1. The van der Waals surface area contributed by atoms with Crippen molar-refractivity contribution in [2.24, 2.45) is 0 Å². The lowest BCUT2D eigenvalue weighted by molar-refractivity contribution is 0.835. The molecule has 0 unspecified atom stereocenters. The molecular formula is C17H24N4. The molecule has 1 heterocycles. The third kappa shape index (κ3) is 4.18. The highest BCUT2D eigenvalue weighted by molar-refractivity contribution is 5.48. The molecule has 0 fully saturated rings. The maximum absolute atomic E-state index is 4.58. The molecule has 1 aromatic heterocycles. The lowest BCUT2D eigenvalue weighted by Gasteiger charge is -2.11. The van der Waals surface area contributed by atoms with Gasteiger partial charge in [0.1, 0.15) is 17.5 Å². The first-order valence-corrected chi connectivity index (χ1v) is 7.63. The Bertz CT molecular complexity index is 581. The lowest BCUT2D eigenvalue weighted by atomic mass is 10.1. The average molecular weight is 284 g/mol. The number of nitrogens with one attached hydrogen (secondary N) is 2. The van der Waals surface area contributed by atoms with Gasteiger partial charge in [-0.3, -0.25) is 0 Å². The maximum Gasteiger partial charge on any atom is 0.133 e. The van der Waals surface area contributed by atoms with E-state index >= 15 is 0 Å². The predicted octanol–water partition coefficient (Wildman–Crippen LogP) is 3.65. The second kappa shape index (κ2) is 7.62. The van der Waals surface area contributed by atoms with Crippen LogP contribution in [-0.2, 0) is 19.4 Å². The van der Waals surface area contributed by atoms with Crippen LogP contribution >= 0.6 is 0 Å². The average Bonchev–Trinajstić information content (AvgIpc) is 2.53. The molecule has 0 saturated heterocycles. The quantitative estimate of drug-likeness (QED) is 0.815. The van der Waals surface area contributed by atoms with Crippen molar-refractivity contribution in [2.45, 2.75) is 39.7 Å². The van der Waals surface area contributed by atoms with E-state index in [2.05, 4.69) is 58.7 Å². The fourth-order valence-corrected chi connectivity index (χ4v) is 2.31. The van der Waals surface area contributed by atoms with E-state index in [9.17, 15) is 0 Å². The van der Waals surface area contributed by atoms with E-state index in [1.54, 1.807) is 0 Å². The molecule has 0 saturated carbocycles. The van der Waals surface area contributed by atoms with Crippen molar-refractivity contribution < 1.29 is 0 Å². The van der Waals surface area contributed by atoms with Crippen LogP contribution in [0, 0.1) is 0 Å². The van der Waals surface area contributed by atoms with Crippen LogP contribution in [0.4, 0.5) is 11.6 Å². The number of aromatic nitrogens is 2. The Morgan fingerprint density at radius 1 is 1.00 bits per heavy atom. The molecular weight excluding hydrogens is 260 g/mol. The van der Waals surface area contributed by atoms with Crippen molar-refractivity contribution in [3.8, 4) is 0 Å². The van der Waals surface area contributed by atoms with Crippen LogP contribution in [0.3, 0.4) is 0 Å². The van der Waals surface area contributed by atoms with Crippen LogP contribution in [0.25, 0.3) is 0 Å². The van der Waals surface area contributed by atoms with Crippen molar-refractivity contribution >= 4 is 11.6 Å². The summed E-state index contributed by atoms with van der Waals surface area (Å²) in [5.74, 6) is 2.62. The number of anilines is 2. The second-order valence-electron chi connectivity index (χ2n) is 5.03. The maximum atomic E-state index is 4.58. The number of hydrogen-bond acceptors (Lipinski definition) is 4. The molecule has 21 heavy (non-hydrogen) atoms. The highest BCUT2D eigenvalue weighted by atomic mass is 15.1. The van der Waals surface area contributed by atoms with E-state index in [1.807, 2.05) is 13.1 Å². The minimum absolute atomic E-state index is 0.787. The number of hydrogen-bond donors (Lipinski definition) is 2. The van der Waals surface area contributed by atoms with Crippen molar-refractivity contribution in [3.05, 3.63) is 47.3 Å². The van der Waals surface area contributed by atoms with Gasteiger partial charge >= 0.3 is 0 Å². The molecule has 2 N–H and O–H groups in total. The minimum Gasteiger partial charge on any atom is -0.373 e. The molecule has 112 valence electrons. The van der Waals surface area contributed by atoms with Gasteiger partial charge in [0.05, 0.1) is 0 Å². The van der Waals surface area contributed by atoms with Crippen LogP contribution in [0.2, 0.25) is 0 Å². The molecule has 2 rings (SSSR count). The van der Waals surface area contributed by atoms with E-state index in [1.165, 1.54) is 11.1 Å². The second-order valence-corrected chi connectivity index (χ2v) is 5.03. The molecule has 4 nitrogen and oxygen atoms in total. The monoisotopic (exact) mass is 284 g/mol. The van der Waals surface area contributed by atoms with Gasteiger partial charge in [0.25, 0.3) is 0 Å². The van der Waals surface area contributed by atoms with Crippen molar-refractivity contribution in [1.82, 2.24) is 9.97 Å². The third-order valence-corrected chi connectivity index (χ3v) is 3.46. The van der Waals surface area contributed by atoms with Gasteiger partial charge in [-0.25, -0.2) is 9.97 Å². The van der Waals surface area contributed by atoms with Crippen molar-refractivity contribution in [3.63, 3.8) is 0 Å². The van der Waals surface area contributed by atoms with Gasteiger partial charge in [-0.1, -0.05) is 38.1 Å². The molecule has 0 bridgehead atoms. The Morgan fingerprint density at radius 2 is 1.71 bits per heavy atom. The summed E-state index contributed by atoms with van der Waals surface area (Å²) in [7, 11) is 1.88. The van der Waals surface area contributed by atoms with Gasteiger partial charge < -0.3 is 10.6 Å². The smallest absolute Gasteiger partial charge is 0.133 e. The van der Waals surface area contributed by atoms with E-state index in [0.29, 0.717) is 0 Å².